The third-order valence-corrected chi connectivity index (χ3v) is 7.80. The minimum atomic E-state index is -3.89. The van der Waals surface area contributed by atoms with Gasteiger partial charge in [-0.2, -0.15) is 8.99 Å². The van der Waals surface area contributed by atoms with Gasteiger partial charge in [-0.25, -0.2) is 18.4 Å². The molecular weight excluding hydrogens is 460 g/mol. The Bertz CT molecular complexity index is 1480. The summed E-state index contributed by atoms with van der Waals surface area (Å²) in [4.78, 5) is 21.2. The summed E-state index contributed by atoms with van der Waals surface area (Å²) in [6.07, 6.45) is 1.44. The number of nitrogens with zero attached hydrogens (tertiary/aromatic N) is 8. The highest BCUT2D eigenvalue weighted by atomic mass is 32.2. The largest absolute Gasteiger partial charge is 0.352 e. The third kappa shape index (κ3) is 3.74. The van der Waals surface area contributed by atoms with Crippen molar-refractivity contribution in [1.29, 1.82) is 0 Å². The van der Waals surface area contributed by atoms with Gasteiger partial charge in [0.1, 0.15) is 6.33 Å². The highest BCUT2D eigenvalue weighted by Gasteiger charge is 2.32. The summed E-state index contributed by atoms with van der Waals surface area (Å²) in [6.45, 7) is 2.77. The van der Waals surface area contributed by atoms with Crippen molar-refractivity contribution in [3.8, 4) is 5.69 Å². The van der Waals surface area contributed by atoms with Crippen LogP contribution < -0.4 is 4.90 Å². The Balaban J connectivity index is 1.39. The molecule has 3 heterocycles. The molecule has 0 spiro atoms. The third-order valence-electron chi connectivity index (χ3n) is 5.76. The first kappa shape index (κ1) is 21.9. The summed E-state index contributed by atoms with van der Waals surface area (Å²) in [5.41, 5.74) is 2.10. The van der Waals surface area contributed by atoms with E-state index in [0.29, 0.717) is 35.6 Å². The van der Waals surface area contributed by atoms with Crippen molar-refractivity contribution in [2.75, 3.05) is 31.1 Å². The van der Waals surface area contributed by atoms with Crippen LogP contribution in [0, 0.1) is 17.0 Å². The fraction of sp³-hybridized carbons (Fsp3) is 0.238. The van der Waals surface area contributed by atoms with E-state index >= 15 is 0 Å². The Hall–Kier alpha value is -3.97. The molecule has 1 aliphatic rings. The van der Waals surface area contributed by atoms with Gasteiger partial charge < -0.3 is 4.90 Å². The molecule has 0 atom stereocenters. The van der Waals surface area contributed by atoms with Gasteiger partial charge in [0.2, 0.25) is 10.0 Å². The van der Waals surface area contributed by atoms with Crippen molar-refractivity contribution >= 4 is 32.7 Å². The molecule has 1 saturated heterocycles. The van der Waals surface area contributed by atoms with Gasteiger partial charge >= 0.3 is 0 Å². The monoisotopic (exact) mass is 480 g/mol. The lowest BCUT2D eigenvalue weighted by atomic mass is 10.2. The Morgan fingerprint density at radius 3 is 2.44 bits per heavy atom. The number of fused-ring (bicyclic) bond motifs is 1. The normalized spacial score (nSPS) is 15.0. The number of rotatable bonds is 5. The second kappa shape index (κ2) is 8.43. The number of nitro benzene ring substituents is 1. The zero-order chi connectivity index (χ0) is 23.9. The van der Waals surface area contributed by atoms with E-state index in [4.69, 9.17) is 0 Å². The van der Waals surface area contributed by atoms with Crippen LogP contribution in [0.3, 0.4) is 0 Å². The van der Waals surface area contributed by atoms with Crippen molar-refractivity contribution < 1.29 is 13.3 Å². The molecule has 5 rings (SSSR count). The summed E-state index contributed by atoms with van der Waals surface area (Å²) in [6, 6.07) is 13.4. The highest BCUT2D eigenvalue weighted by molar-refractivity contribution is 7.89. The molecule has 1 aliphatic heterocycles. The topological polar surface area (TPSA) is 140 Å². The average Bonchev–Trinajstić information content (AvgIpc) is 3.29. The maximum atomic E-state index is 13.2. The van der Waals surface area contributed by atoms with Crippen LogP contribution in [-0.4, -0.2) is 68.8 Å². The van der Waals surface area contributed by atoms with Crippen LogP contribution in [0.25, 0.3) is 16.9 Å². The predicted molar refractivity (Wildman–Crippen MR) is 123 cm³/mol. The Labute approximate surface area is 194 Å². The van der Waals surface area contributed by atoms with Crippen molar-refractivity contribution in [2.45, 2.75) is 11.8 Å². The Kier molecular flexibility index (Phi) is 5.42. The summed E-state index contributed by atoms with van der Waals surface area (Å²) in [5, 5.41) is 19.6. The SMILES string of the molecule is Cc1ccc([N+](=O)[O-])cc1S(=O)(=O)N1CCN(c2ncnc3c2nnn3-c2ccccc2)CC1. The van der Waals surface area contributed by atoms with Gasteiger partial charge in [0.25, 0.3) is 5.69 Å². The molecule has 2 aromatic carbocycles. The molecule has 0 radical (unpaired) electrons. The molecule has 0 N–H and O–H groups in total. The summed E-state index contributed by atoms with van der Waals surface area (Å²) in [5.74, 6) is 0.579. The number of aromatic nitrogens is 5. The second-order valence-corrected chi connectivity index (χ2v) is 9.71. The van der Waals surface area contributed by atoms with Gasteiger partial charge in [-0.05, 0) is 24.6 Å². The van der Waals surface area contributed by atoms with Crippen LogP contribution >= 0.6 is 0 Å². The maximum absolute atomic E-state index is 13.2. The molecule has 2 aromatic heterocycles. The van der Waals surface area contributed by atoms with Gasteiger partial charge in [-0.3, -0.25) is 10.1 Å². The van der Waals surface area contributed by atoms with E-state index in [2.05, 4.69) is 20.3 Å². The number of non-ortho nitro benzene ring substituents is 1. The molecule has 0 bridgehead atoms. The molecule has 0 unspecified atom stereocenters. The van der Waals surface area contributed by atoms with E-state index in [1.807, 2.05) is 35.2 Å². The first-order chi connectivity index (χ1) is 16.4. The van der Waals surface area contributed by atoms with Gasteiger partial charge in [-0.1, -0.05) is 29.5 Å². The Morgan fingerprint density at radius 1 is 1.00 bits per heavy atom. The molecule has 1 fully saturated rings. The first-order valence-electron chi connectivity index (χ1n) is 10.5. The molecule has 0 amide bonds. The lowest BCUT2D eigenvalue weighted by Crippen LogP contribution is -2.49. The molecule has 174 valence electrons. The van der Waals surface area contributed by atoms with Crippen molar-refractivity contribution in [1.82, 2.24) is 29.3 Å². The number of benzene rings is 2. The highest BCUT2D eigenvalue weighted by Crippen LogP contribution is 2.28. The van der Waals surface area contributed by atoms with Gasteiger partial charge in [0.05, 0.1) is 15.5 Å². The zero-order valence-electron chi connectivity index (χ0n) is 18.1. The molecule has 4 aromatic rings. The smallest absolute Gasteiger partial charge is 0.270 e. The van der Waals surface area contributed by atoms with Gasteiger partial charge in [0.15, 0.2) is 17.0 Å². The number of piperazine rings is 1. The van der Waals surface area contributed by atoms with Crippen LogP contribution in [0.1, 0.15) is 5.56 Å². The first-order valence-corrected chi connectivity index (χ1v) is 11.9. The lowest BCUT2D eigenvalue weighted by Gasteiger charge is -2.34. The molecule has 34 heavy (non-hydrogen) atoms. The number of para-hydroxylation sites is 1. The van der Waals surface area contributed by atoms with Crippen LogP contribution in [-0.2, 0) is 10.0 Å². The second-order valence-electron chi connectivity index (χ2n) is 7.80. The van der Waals surface area contributed by atoms with Gasteiger partial charge in [0, 0.05) is 38.3 Å². The van der Waals surface area contributed by atoms with E-state index in [9.17, 15) is 18.5 Å². The Morgan fingerprint density at radius 2 is 1.74 bits per heavy atom. The molecule has 12 nitrogen and oxygen atoms in total. The lowest BCUT2D eigenvalue weighted by molar-refractivity contribution is -0.385. The van der Waals surface area contributed by atoms with E-state index in [0.717, 1.165) is 11.8 Å². The maximum Gasteiger partial charge on any atom is 0.270 e. The zero-order valence-corrected chi connectivity index (χ0v) is 19.0. The van der Waals surface area contributed by atoms with Crippen LogP contribution in [0.15, 0.2) is 59.8 Å². The standard InChI is InChI=1S/C21H20N8O4S/c1-15-7-8-17(29(30)31)13-18(15)34(32,33)27-11-9-26(10-12-27)20-19-21(23-14-22-20)28(25-24-19)16-5-3-2-4-6-16/h2-8,13-14H,9-12H2,1H3. The molecule has 0 aliphatic carbocycles. The quantitative estimate of drug-likeness (QED) is 0.309. The number of hydrogen-bond donors (Lipinski definition) is 0. The number of hydrogen-bond acceptors (Lipinski definition) is 9. The fourth-order valence-electron chi connectivity index (χ4n) is 3.97. The number of aryl methyl sites for hydroxylation is 1. The van der Waals surface area contributed by atoms with Crippen LogP contribution in [0.2, 0.25) is 0 Å². The number of nitro groups is 1. The van der Waals surface area contributed by atoms with E-state index in [1.165, 1.54) is 22.8 Å². The van der Waals surface area contributed by atoms with Crippen LogP contribution in [0.5, 0.6) is 0 Å². The van der Waals surface area contributed by atoms with Crippen molar-refractivity contribution in [2.24, 2.45) is 0 Å². The van der Waals surface area contributed by atoms with E-state index in [1.54, 1.807) is 11.6 Å². The fourth-order valence-corrected chi connectivity index (χ4v) is 5.64. The van der Waals surface area contributed by atoms with Crippen molar-refractivity contribution in [3.63, 3.8) is 0 Å². The van der Waals surface area contributed by atoms with E-state index in [-0.39, 0.29) is 23.7 Å². The summed E-state index contributed by atoms with van der Waals surface area (Å²) < 4.78 is 29.4. The van der Waals surface area contributed by atoms with E-state index < -0.39 is 14.9 Å². The van der Waals surface area contributed by atoms with Crippen LogP contribution in [0.4, 0.5) is 11.5 Å². The van der Waals surface area contributed by atoms with Crippen molar-refractivity contribution in [3.05, 3.63) is 70.5 Å². The minimum Gasteiger partial charge on any atom is -0.352 e. The minimum absolute atomic E-state index is 0.0506. The average molecular weight is 481 g/mol. The predicted octanol–water partition coefficient (Wildman–Crippen LogP) is 1.94. The number of sulfonamides is 1. The summed E-state index contributed by atoms with van der Waals surface area (Å²) >= 11 is 0. The molecular formula is C21H20N8O4S. The van der Waals surface area contributed by atoms with Gasteiger partial charge in [-0.15, -0.1) is 5.10 Å². The number of anilines is 1. The molecule has 0 saturated carbocycles. The molecule has 13 heteroatoms. The summed E-state index contributed by atoms with van der Waals surface area (Å²) in [7, 11) is -3.89.